The molecule has 0 amide bonds. The Morgan fingerprint density at radius 3 is 2.87 bits per heavy atom. The van der Waals surface area contributed by atoms with Crippen molar-refractivity contribution in [3.8, 4) is 17.0 Å². The number of halogens is 2. The molecule has 2 N–H and O–H groups in total. The Morgan fingerprint density at radius 1 is 1.39 bits per heavy atom. The van der Waals surface area contributed by atoms with Crippen molar-refractivity contribution in [1.82, 2.24) is 4.98 Å². The molecule has 2 saturated heterocycles. The van der Waals surface area contributed by atoms with E-state index in [2.05, 4.69) is 4.98 Å². The summed E-state index contributed by atoms with van der Waals surface area (Å²) in [7, 11) is 0. The molecule has 3 heterocycles. The Kier molecular flexibility index (Phi) is 3.43. The lowest BCUT2D eigenvalue weighted by atomic mass is 9.71. The summed E-state index contributed by atoms with van der Waals surface area (Å²) in [6, 6.07) is 6.30. The summed E-state index contributed by atoms with van der Waals surface area (Å²) >= 11 is 6.13. The minimum Gasteiger partial charge on any atom is -0.477 e. The SMILES string of the molecule is Nc1cc(Cl)c(-c2ccc(OCC34COC(C3)C4)nc2)cc1F. The van der Waals surface area contributed by atoms with Crippen LogP contribution in [-0.4, -0.2) is 24.3 Å². The second-order valence-electron chi connectivity index (χ2n) is 6.37. The first-order chi connectivity index (χ1) is 11.0. The van der Waals surface area contributed by atoms with Crippen LogP contribution >= 0.6 is 11.6 Å². The monoisotopic (exact) mass is 334 g/mol. The van der Waals surface area contributed by atoms with Crippen molar-refractivity contribution >= 4 is 17.3 Å². The van der Waals surface area contributed by atoms with E-state index >= 15 is 0 Å². The van der Waals surface area contributed by atoms with Gasteiger partial charge < -0.3 is 15.2 Å². The fourth-order valence-corrected chi connectivity index (χ4v) is 3.51. The maximum Gasteiger partial charge on any atom is 0.213 e. The highest BCUT2D eigenvalue weighted by atomic mass is 35.5. The molecule has 23 heavy (non-hydrogen) atoms. The fraction of sp³-hybridized carbons (Fsp3) is 0.353. The molecule has 120 valence electrons. The van der Waals surface area contributed by atoms with E-state index in [9.17, 15) is 4.39 Å². The van der Waals surface area contributed by atoms with E-state index in [0.29, 0.717) is 34.7 Å². The van der Waals surface area contributed by atoms with Gasteiger partial charge in [-0.05, 0) is 31.0 Å². The first-order valence-corrected chi connectivity index (χ1v) is 7.88. The molecule has 5 rings (SSSR count). The van der Waals surface area contributed by atoms with Crippen molar-refractivity contribution in [2.45, 2.75) is 18.9 Å². The van der Waals surface area contributed by atoms with Gasteiger partial charge in [0.15, 0.2) is 0 Å². The van der Waals surface area contributed by atoms with Crippen LogP contribution in [0.2, 0.25) is 5.02 Å². The molecule has 1 aromatic heterocycles. The summed E-state index contributed by atoms with van der Waals surface area (Å²) in [6.07, 6.45) is 4.20. The number of anilines is 1. The zero-order valence-electron chi connectivity index (χ0n) is 12.4. The number of hydrogen-bond donors (Lipinski definition) is 1. The molecule has 3 fully saturated rings. The number of nitrogens with zero attached hydrogens (tertiary/aromatic N) is 1. The van der Waals surface area contributed by atoms with Crippen molar-refractivity contribution < 1.29 is 13.9 Å². The van der Waals surface area contributed by atoms with Gasteiger partial charge in [-0.3, -0.25) is 0 Å². The third kappa shape index (κ3) is 2.64. The summed E-state index contributed by atoms with van der Waals surface area (Å²) in [5.74, 6) is 0.0510. The lowest BCUT2D eigenvalue weighted by Crippen LogP contribution is -2.38. The average molecular weight is 335 g/mol. The normalized spacial score (nSPS) is 25.2. The fourth-order valence-electron chi connectivity index (χ4n) is 3.23. The molecule has 0 spiro atoms. The summed E-state index contributed by atoms with van der Waals surface area (Å²) in [6.45, 7) is 1.39. The third-order valence-electron chi connectivity index (χ3n) is 4.61. The topological polar surface area (TPSA) is 57.4 Å². The standard InChI is InChI=1S/C17H16ClFN2O2/c18-13-4-15(20)14(19)3-12(13)10-1-2-16(21-7-10)23-9-17-5-11(6-17)22-8-17/h1-4,7,11H,5-6,8-9,20H2. The third-order valence-corrected chi connectivity index (χ3v) is 4.92. The molecular weight excluding hydrogens is 319 g/mol. The van der Waals surface area contributed by atoms with Gasteiger partial charge in [0.2, 0.25) is 5.88 Å². The first kappa shape index (κ1) is 14.7. The quantitative estimate of drug-likeness (QED) is 0.866. The summed E-state index contributed by atoms with van der Waals surface area (Å²) in [5, 5.41) is 0.391. The molecule has 1 saturated carbocycles. The van der Waals surface area contributed by atoms with Gasteiger partial charge in [0.1, 0.15) is 5.82 Å². The highest BCUT2D eigenvalue weighted by Gasteiger charge is 2.52. The Morgan fingerprint density at radius 2 is 2.22 bits per heavy atom. The zero-order chi connectivity index (χ0) is 16.0. The predicted octanol–water partition coefficient (Wildman–Crippen LogP) is 3.68. The van der Waals surface area contributed by atoms with E-state index in [1.807, 2.05) is 6.07 Å². The van der Waals surface area contributed by atoms with Crippen molar-refractivity contribution in [3.63, 3.8) is 0 Å². The number of nitrogens with two attached hydrogens (primary N) is 1. The van der Waals surface area contributed by atoms with Gasteiger partial charge in [0.05, 0.1) is 30.0 Å². The maximum absolute atomic E-state index is 13.6. The van der Waals surface area contributed by atoms with Crippen LogP contribution in [0.5, 0.6) is 5.88 Å². The number of aromatic nitrogens is 1. The molecule has 0 atom stereocenters. The molecule has 2 aliphatic heterocycles. The van der Waals surface area contributed by atoms with Crippen LogP contribution in [-0.2, 0) is 4.74 Å². The number of pyridine rings is 1. The second kappa shape index (κ2) is 5.35. The van der Waals surface area contributed by atoms with E-state index in [0.717, 1.165) is 19.4 Å². The largest absolute Gasteiger partial charge is 0.477 e. The van der Waals surface area contributed by atoms with Crippen molar-refractivity contribution in [2.24, 2.45) is 5.41 Å². The van der Waals surface area contributed by atoms with Crippen molar-refractivity contribution in [1.29, 1.82) is 0 Å². The minimum atomic E-state index is -0.496. The maximum atomic E-state index is 13.6. The van der Waals surface area contributed by atoms with Gasteiger partial charge >= 0.3 is 0 Å². The van der Waals surface area contributed by atoms with Gasteiger partial charge in [-0.1, -0.05) is 11.6 Å². The molecule has 1 aromatic carbocycles. The van der Waals surface area contributed by atoms with Gasteiger partial charge in [-0.2, -0.15) is 0 Å². The number of benzene rings is 1. The Labute approximate surface area is 138 Å². The predicted molar refractivity (Wildman–Crippen MR) is 86.0 cm³/mol. The zero-order valence-corrected chi connectivity index (χ0v) is 13.1. The summed E-state index contributed by atoms with van der Waals surface area (Å²) < 4.78 is 25.0. The summed E-state index contributed by atoms with van der Waals surface area (Å²) in [5.41, 5.74) is 6.98. The summed E-state index contributed by atoms with van der Waals surface area (Å²) in [4.78, 5) is 4.28. The number of ether oxygens (including phenoxy) is 2. The molecule has 0 unspecified atom stereocenters. The van der Waals surface area contributed by atoms with Crippen LogP contribution in [0.3, 0.4) is 0 Å². The molecule has 3 aliphatic rings. The minimum absolute atomic E-state index is 0.0310. The van der Waals surface area contributed by atoms with Crippen LogP contribution in [0, 0.1) is 11.2 Å². The molecule has 1 aliphatic carbocycles. The number of hydrogen-bond acceptors (Lipinski definition) is 4. The van der Waals surface area contributed by atoms with Crippen LogP contribution in [0.15, 0.2) is 30.5 Å². The molecule has 0 radical (unpaired) electrons. The van der Waals surface area contributed by atoms with E-state index in [1.165, 1.54) is 12.1 Å². The van der Waals surface area contributed by atoms with E-state index in [-0.39, 0.29) is 11.1 Å². The number of fused-ring (bicyclic) bond motifs is 1. The smallest absolute Gasteiger partial charge is 0.213 e. The lowest BCUT2D eigenvalue weighted by molar-refractivity contribution is 0.0804. The number of nitrogen functional groups attached to an aromatic ring is 1. The molecule has 2 bridgehead atoms. The van der Waals surface area contributed by atoms with Gasteiger partial charge in [-0.15, -0.1) is 0 Å². The highest BCUT2D eigenvalue weighted by molar-refractivity contribution is 6.33. The van der Waals surface area contributed by atoms with Gasteiger partial charge in [-0.25, -0.2) is 9.37 Å². The molecule has 2 aromatic rings. The molecule has 6 heteroatoms. The average Bonchev–Trinajstić information content (AvgIpc) is 3.10. The van der Waals surface area contributed by atoms with Gasteiger partial charge in [0.25, 0.3) is 0 Å². The Bertz CT molecular complexity index is 739. The van der Waals surface area contributed by atoms with Crippen LogP contribution in [0.4, 0.5) is 10.1 Å². The van der Waals surface area contributed by atoms with E-state index < -0.39 is 5.82 Å². The van der Waals surface area contributed by atoms with Crippen molar-refractivity contribution in [3.05, 3.63) is 41.3 Å². The van der Waals surface area contributed by atoms with Crippen LogP contribution < -0.4 is 10.5 Å². The van der Waals surface area contributed by atoms with Crippen molar-refractivity contribution in [2.75, 3.05) is 18.9 Å². The van der Waals surface area contributed by atoms with Crippen LogP contribution in [0.25, 0.3) is 11.1 Å². The second-order valence-corrected chi connectivity index (χ2v) is 6.78. The first-order valence-electron chi connectivity index (χ1n) is 7.50. The Balaban J connectivity index is 1.48. The Hall–Kier alpha value is -1.85. The van der Waals surface area contributed by atoms with E-state index in [4.69, 9.17) is 26.8 Å². The molecule has 4 nitrogen and oxygen atoms in total. The molecular formula is C17H16ClFN2O2. The lowest BCUT2D eigenvalue weighted by Gasteiger charge is -2.34. The van der Waals surface area contributed by atoms with E-state index in [1.54, 1.807) is 12.3 Å². The highest BCUT2D eigenvalue weighted by Crippen LogP contribution is 2.50. The number of rotatable bonds is 4. The van der Waals surface area contributed by atoms with Gasteiger partial charge in [0, 0.05) is 28.8 Å². The van der Waals surface area contributed by atoms with Crippen LogP contribution in [0.1, 0.15) is 12.8 Å².